The number of carbonyl (C=O) groups excluding carboxylic acids is 1. The molecular weight excluding hydrogens is 125 g/mol. The van der Waals surface area contributed by atoms with Crippen molar-refractivity contribution in [3.05, 3.63) is 0 Å². The normalized spacial score (nSPS) is 4.17. The second kappa shape index (κ2) is 8.90. The van der Waals surface area contributed by atoms with Gasteiger partial charge in [-0.2, -0.15) is 0 Å². The van der Waals surface area contributed by atoms with Gasteiger partial charge in [-0.05, 0) is 0 Å². The van der Waals surface area contributed by atoms with Crippen molar-refractivity contribution in [3.63, 3.8) is 0 Å². The van der Waals surface area contributed by atoms with E-state index in [1.54, 1.807) is 0 Å². The maximum atomic E-state index is 9.22. The lowest BCUT2D eigenvalue weighted by Crippen LogP contribution is -2.01. The van der Waals surface area contributed by atoms with Crippen molar-refractivity contribution in [1.82, 2.24) is 0 Å². The molecule has 4 heteroatoms. The smallest absolute Gasteiger partial charge is 0.214 e. The Labute approximate surface area is 48.9 Å². The van der Waals surface area contributed by atoms with Crippen LogP contribution in [0.3, 0.4) is 0 Å². The maximum Gasteiger partial charge on any atom is 0.214 e. The van der Waals surface area contributed by atoms with Gasteiger partial charge in [-0.15, -0.1) is 24.8 Å². The average Bonchev–Trinajstić information content (AvgIpc) is 0.811. The molecule has 0 atom stereocenters. The fraction of sp³-hybridized carbons (Fsp3) is 0.500. The van der Waals surface area contributed by atoms with Crippen molar-refractivity contribution in [2.75, 3.05) is 0 Å². The number of carbonyl (C=O) groups is 1. The molecule has 0 aliphatic carbocycles. The minimum Gasteiger partial charge on any atom is -0.370 e. The third kappa shape index (κ3) is 15100. The molecule has 2 N–H and O–H groups in total. The van der Waals surface area contributed by atoms with E-state index in [-0.39, 0.29) is 30.7 Å². The first kappa shape index (κ1) is 16.6. The molecule has 0 saturated heterocycles. The van der Waals surface area contributed by atoms with Gasteiger partial charge in [0.1, 0.15) is 0 Å². The van der Waals surface area contributed by atoms with Gasteiger partial charge in [-0.1, -0.05) is 0 Å². The molecule has 0 saturated carbocycles. The van der Waals surface area contributed by atoms with Gasteiger partial charge in [0.15, 0.2) is 0 Å². The number of amides is 1. The van der Waals surface area contributed by atoms with Crippen LogP contribution in [-0.4, -0.2) is 5.91 Å². The standard InChI is InChI=1S/C2H5NO.2ClH/c1-2(3)4;;/h1H3,(H2,3,4);2*1H. The predicted octanol–water partition coefficient (Wildman–Crippen LogP) is 0.335. The summed E-state index contributed by atoms with van der Waals surface area (Å²) in [7, 11) is 0. The molecule has 0 spiro atoms. The van der Waals surface area contributed by atoms with Gasteiger partial charge in [0.25, 0.3) is 0 Å². The molecule has 0 heterocycles. The summed E-state index contributed by atoms with van der Waals surface area (Å²) in [6, 6.07) is 0. The van der Waals surface area contributed by atoms with Crippen molar-refractivity contribution < 1.29 is 4.79 Å². The van der Waals surface area contributed by atoms with Gasteiger partial charge >= 0.3 is 0 Å². The molecule has 0 aromatic rings. The van der Waals surface area contributed by atoms with Crippen molar-refractivity contribution in [2.45, 2.75) is 6.92 Å². The first-order valence-electron chi connectivity index (χ1n) is 0.993. The highest BCUT2D eigenvalue weighted by Crippen LogP contribution is 1.33. The Bertz CT molecular complexity index is 34.5. The minimum atomic E-state index is -0.333. The Morgan fingerprint density at radius 1 is 1.50 bits per heavy atom. The summed E-state index contributed by atoms with van der Waals surface area (Å²) >= 11 is 0. The average molecular weight is 132 g/mol. The molecule has 0 bridgehead atoms. The number of hydrogen-bond donors (Lipinski definition) is 1. The highest BCUT2D eigenvalue weighted by atomic mass is 35.5. The number of halogens is 2. The summed E-state index contributed by atoms with van der Waals surface area (Å²) in [5.41, 5.74) is 4.47. The summed E-state index contributed by atoms with van der Waals surface area (Å²) in [5, 5.41) is 0. The molecule has 0 aliphatic heterocycles. The molecule has 0 unspecified atom stereocenters. The van der Waals surface area contributed by atoms with Gasteiger partial charge in [0.05, 0.1) is 0 Å². The highest BCUT2D eigenvalue weighted by Gasteiger charge is 1.61. The third-order valence-corrected chi connectivity index (χ3v) is 0. The first-order valence-corrected chi connectivity index (χ1v) is 0.993. The van der Waals surface area contributed by atoms with Crippen molar-refractivity contribution in [3.8, 4) is 0 Å². The van der Waals surface area contributed by atoms with Crippen LogP contribution in [0.25, 0.3) is 0 Å². The zero-order valence-corrected chi connectivity index (χ0v) is 4.94. The monoisotopic (exact) mass is 131 g/mol. The molecular formula is C2H7Cl2NO. The van der Waals surface area contributed by atoms with Gasteiger partial charge in [0, 0.05) is 6.92 Å². The largest absolute Gasteiger partial charge is 0.370 e. The summed E-state index contributed by atoms with van der Waals surface area (Å²) in [6.45, 7) is 1.31. The van der Waals surface area contributed by atoms with E-state index < -0.39 is 0 Å². The SMILES string of the molecule is CC(N)=O.Cl.Cl. The molecule has 40 valence electrons. The van der Waals surface area contributed by atoms with E-state index in [9.17, 15) is 4.79 Å². The van der Waals surface area contributed by atoms with Crippen LogP contribution >= 0.6 is 24.8 Å². The Kier molecular flexibility index (Phi) is 24.6. The summed E-state index contributed by atoms with van der Waals surface area (Å²) < 4.78 is 0. The van der Waals surface area contributed by atoms with Gasteiger partial charge in [-0.3, -0.25) is 4.79 Å². The number of primary amides is 1. The maximum absolute atomic E-state index is 9.22. The molecule has 0 aromatic carbocycles. The van der Waals surface area contributed by atoms with E-state index in [1.807, 2.05) is 0 Å². The molecule has 0 aromatic heterocycles. The second-order valence-corrected chi connectivity index (χ2v) is 0.611. The molecule has 0 aliphatic rings. The van der Waals surface area contributed by atoms with Gasteiger partial charge in [0.2, 0.25) is 5.91 Å². The van der Waals surface area contributed by atoms with Crippen LogP contribution in [0.1, 0.15) is 6.92 Å². The molecule has 0 radical (unpaired) electrons. The minimum absolute atomic E-state index is 0. The van der Waals surface area contributed by atoms with Crippen LogP contribution < -0.4 is 5.73 Å². The summed E-state index contributed by atoms with van der Waals surface area (Å²) in [4.78, 5) is 9.22. The van der Waals surface area contributed by atoms with E-state index >= 15 is 0 Å². The lowest BCUT2D eigenvalue weighted by Gasteiger charge is -1.60. The molecule has 0 rings (SSSR count). The topological polar surface area (TPSA) is 43.1 Å². The van der Waals surface area contributed by atoms with Crippen LogP contribution in [-0.2, 0) is 4.79 Å². The quantitative estimate of drug-likeness (QED) is 0.507. The lowest BCUT2D eigenvalue weighted by atomic mass is 10.8. The zero-order chi connectivity index (χ0) is 3.58. The van der Waals surface area contributed by atoms with Gasteiger partial charge in [-0.25, -0.2) is 0 Å². The van der Waals surface area contributed by atoms with Crippen LogP contribution in [0.2, 0.25) is 0 Å². The second-order valence-electron chi connectivity index (χ2n) is 0.611. The van der Waals surface area contributed by atoms with Crippen LogP contribution in [0, 0.1) is 0 Å². The Morgan fingerprint density at radius 2 is 1.50 bits per heavy atom. The Hall–Kier alpha value is 0.0500. The summed E-state index contributed by atoms with van der Waals surface area (Å²) in [6.07, 6.45) is 0. The number of nitrogens with two attached hydrogens (primary N) is 1. The summed E-state index contributed by atoms with van der Waals surface area (Å²) in [5.74, 6) is -0.333. The molecule has 0 fully saturated rings. The van der Waals surface area contributed by atoms with E-state index in [4.69, 9.17) is 0 Å². The first-order chi connectivity index (χ1) is 1.73. The fourth-order valence-electron chi connectivity index (χ4n) is 0. The van der Waals surface area contributed by atoms with Crippen molar-refractivity contribution in [1.29, 1.82) is 0 Å². The van der Waals surface area contributed by atoms with Crippen LogP contribution in [0.4, 0.5) is 0 Å². The van der Waals surface area contributed by atoms with Crippen LogP contribution in [0.15, 0.2) is 0 Å². The molecule has 6 heavy (non-hydrogen) atoms. The number of rotatable bonds is 0. The van der Waals surface area contributed by atoms with E-state index in [0.29, 0.717) is 0 Å². The van der Waals surface area contributed by atoms with Crippen LogP contribution in [0.5, 0.6) is 0 Å². The predicted molar refractivity (Wildman–Crippen MR) is 29.4 cm³/mol. The Balaban J connectivity index is -0.0000000450. The number of hydrogen-bond acceptors (Lipinski definition) is 1. The van der Waals surface area contributed by atoms with E-state index in [2.05, 4.69) is 5.73 Å². The van der Waals surface area contributed by atoms with Crippen molar-refractivity contribution in [2.24, 2.45) is 5.73 Å². The lowest BCUT2D eigenvalue weighted by molar-refractivity contribution is -0.115. The third-order valence-electron chi connectivity index (χ3n) is 0. The molecule has 1 amide bonds. The highest BCUT2D eigenvalue weighted by molar-refractivity contribution is 5.85. The van der Waals surface area contributed by atoms with E-state index in [0.717, 1.165) is 0 Å². The fourth-order valence-corrected chi connectivity index (χ4v) is 0. The van der Waals surface area contributed by atoms with E-state index in [1.165, 1.54) is 6.92 Å². The molecule has 2 nitrogen and oxygen atoms in total. The Morgan fingerprint density at radius 3 is 1.50 bits per heavy atom. The van der Waals surface area contributed by atoms with Crippen molar-refractivity contribution >= 4 is 30.7 Å². The zero-order valence-electron chi connectivity index (χ0n) is 3.30. The van der Waals surface area contributed by atoms with Gasteiger partial charge < -0.3 is 5.73 Å².